The van der Waals surface area contributed by atoms with E-state index in [1.165, 1.54) is 97.7 Å². The average molecular weight is 563 g/mol. The SMILES string of the molecule is c1ccc(P(Cc2ccccc2-c2ccccc2CP(C2CCCCC2)C2CCCCC2)c2ccccc2)cc1. The van der Waals surface area contributed by atoms with Gasteiger partial charge in [-0.3, -0.25) is 0 Å². The molecule has 0 N–H and O–H groups in total. The molecule has 0 bridgehead atoms. The van der Waals surface area contributed by atoms with Gasteiger partial charge in [-0.05, 0) is 83.9 Å². The van der Waals surface area contributed by atoms with Gasteiger partial charge in [-0.1, -0.05) is 156 Å². The Kier molecular flexibility index (Phi) is 9.81. The van der Waals surface area contributed by atoms with Gasteiger partial charge < -0.3 is 0 Å². The minimum atomic E-state index is -0.477. The molecule has 0 heterocycles. The van der Waals surface area contributed by atoms with Crippen molar-refractivity contribution in [3.05, 3.63) is 120 Å². The summed E-state index contributed by atoms with van der Waals surface area (Å²) < 4.78 is 0. The Hall–Kier alpha value is -2.26. The van der Waals surface area contributed by atoms with Gasteiger partial charge in [0.2, 0.25) is 0 Å². The molecule has 4 aromatic rings. The van der Waals surface area contributed by atoms with Crippen molar-refractivity contribution in [1.29, 1.82) is 0 Å². The first-order valence-corrected chi connectivity index (χ1v) is 18.9. The second kappa shape index (κ2) is 14.1. The maximum absolute atomic E-state index is 2.48. The van der Waals surface area contributed by atoms with E-state index in [1.807, 2.05) is 0 Å². The highest BCUT2D eigenvalue weighted by atomic mass is 31.1. The summed E-state index contributed by atoms with van der Waals surface area (Å²) >= 11 is 0. The molecule has 0 aliphatic heterocycles. The van der Waals surface area contributed by atoms with Gasteiger partial charge in [0.05, 0.1) is 0 Å². The van der Waals surface area contributed by atoms with E-state index >= 15 is 0 Å². The van der Waals surface area contributed by atoms with Gasteiger partial charge in [-0.2, -0.15) is 0 Å². The second-order valence-corrected chi connectivity index (χ2v) is 16.8. The van der Waals surface area contributed by atoms with Crippen LogP contribution in [0.25, 0.3) is 11.1 Å². The fraction of sp³-hybridized carbons (Fsp3) is 0.368. The largest absolute Gasteiger partial charge is 0.0958 e. The molecule has 206 valence electrons. The van der Waals surface area contributed by atoms with Crippen molar-refractivity contribution in [3.63, 3.8) is 0 Å². The molecular formula is C38H44P2. The Balaban J connectivity index is 1.34. The topological polar surface area (TPSA) is 0 Å². The summed E-state index contributed by atoms with van der Waals surface area (Å²) in [5, 5.41) is 2.93. The zero-order chi connectivity index (χ0) is 27.0. The highest BCUT2D eigenvalue weighted by Gasteiger charge is 2.31. The molecule has 0 atom stereocenters. The predicted octanol–water partition coefficient (Wildman–Crippen LogP) is 10.6. The second-order valence-electron chi connectivity index (χ2n) is 11.8. The van der Waals surface area contributed by atoms with Crippen LogP contribution >= 0.6 is 15.8 Å². The number of hydrogen-bond acceptors (Lipinski definition) is 0. The highest BCUT2D eigenvalue weighted by Crippen LogP contribution is 2.58. The number of hydrogen-bond donors (Lipinski definition) is 0. The quantitative estimate of drug-likeness (QED) is 0.178. The molecular weight excluding hydrogens is 518 g/mol. The van der Waals surface area contributed by atoms with E-state index in [0.717, 1.165) is 17.5 Å². The zero-order valence-electron chi connectivity index (χ0n) is 23.9. The summed E-state index contributed by atoms with van der Waals surface area (Å²) in [5.74, 6) is 0. The molecule has 4 aromatic carbocycles. The van der Waals surface area contributed by atoms with Gasteiger partial charge in [0.15, 0.2) is 0 Å². The van der Waals surface area contributed by atoms with Gasteiger partial charge in [0, 0.05) is 6.16 Å². The number of benzene rings is 4. The fourth-order valence-electron chi connectivity index (χ4n) is 7.14. The Labute approximate surface area is 245 Å². The molecule has 6 rings (SSSR count). The fourth-order valence-corrected chi connectivity index (χ4v) is 13.3. The lowest BCUT2D eigenvalue weighted by molar-refractivity contribution is 0.484. The Morgan fingerprint density at radius 2 is 0.825 bits per heavy atom. The Morgan fingerprint density at radius 1 is 0.425 bits per heavy atom. The highest BCUT2D eigenvalue weighted by molar-refractivity contribution is 7.72. The van der Waals surface area contributed by atoms with Crippen LogP contribution < -0.4 is 10.6 Å². The minimum Gasteiger partial charge on any atom is -0.0958 e. The van der Waals surface area contributed by atoms with Crippen LogP contribution in [0.2, 0.25) is 0 Å². The van der Waals surface area contributed by atoms with E-state index in [9.17, 15) is 0 Å². The molecule has 0 saturated heterocycles. The lowest BCUT2D eigenvalue weighted by Crippen LogP contribution is -2.21. The van der Waals surface area contributed by atoms with Gasteiger partial charge in [-0.25, -0.2) is 0 Å². The van der Waals surface area contributed by atoms with Crippen molar-refractivity contribution >= 4 is 26.5 Å². The summed E-state index contributed by atoms with van der Waals surface area (Å²) in [6.07, 6.45) is 17.1. The van der Waals surface area contributed by atoms with Crippen molar-refractivity contribution in [1.82, 2.24) is 0 Å². The van der Waals surface area contributed by atoms with Crippen LogP contribution in [0.4, 0.5) is 0 Å². The van der Waals surface area contributed by atoms with E-state index in [1.54, 1.807) is 5.56 Å². The molecule has 2 fully saturated rings. The molecule has 2 aliphatic rings. The maximum Gasteiger partial charge on any atom is 0.00136 e. The van der Waals surface area contributed by atoms with E-state index in [-0.39, 0.29) is 7.92 Å². The third kappa shape index (κ3) is 6.78. The summed E-state index contributed by atoms with van der Waals surface area (Å²) in [5.41, 5.74) is 8.03. The summed E-state index contributed by atoms with van der Waals surface area (Å²) in [6.45, 7) is 0. The summed E-state index contributed by atoms with van der Waals surface area (Å²) in [4.78, 5) is 0. The molecule has 2 heteroatoms. The molecule has 0 unspecified atom stereocenters. The average Bonchev–Trinajstić information content (AvgIpc) is 3.04. The molecule has 0 nitrogen and oxygen atoms in total. The molecule has 0 aromatic heterocycles. The molecule has 0 spiro atoms. The van der Waals surface area contributed by atoms with Gasteiger partial charge in [0.25, 0.3) is 0 Å². The smallest absolute Gasteiger partial charge is 0.00136 e. The van der Waals surface area contributed by atoms with Crippen LogP contribution in [0.1, 0.15) is 75.3 Å². The molecule has 2 saturated carbocycles. The predicted molar refractivity (Wildman–Crippen MR) is 179 cm³/mol. The monoisotopic (exact) mass is 562 g/mol. The van der Waals surface area contributed by atoms with Crippen LogP contribution in [0.5, 0.6) is 0 Å². The first-order chi connectivity index (χ1) is 19.9. The van der Waals surface area contributed by atoms with Crippen molar-refractivity contribution in [2.75, 3.05) is 0 Å². The summed E-state index contributed by atoms with van der Waals surface area (Å²) in [7, 11) is -0.451. The Bertz CT molecular complexity index is 1260. The minimum absolute atomic E-state index is 0.0256. The van der Waals surface area contributed by atoms with Crippen molar-refractivity contribution in [2.24, 2.45) is 0 Å². The standard InChI is InChI=1S/C38H44P2/c1-5-19-33(20-6-1)39(34-21-7-2-8-22-34)29-31-17-13-15-27-37(31)38-28-16-14-18-32(38)30-40(35-23-9-3-10-24-35)36-25-11-4-12-26-36/h1-2,5-8,13-22,27-28,35-36H,3-4,9-12,23-26,29-30H2. The first-order valence-electron chi connectivity index (χ1n) is 15.7. The summed E-state index contributed by atoms with van der Waals surface area (Å²) in [6, 6.07) is 41.2. The maximum atomic E-state index is 2.48. The van der Waals surface area contributed by atoms with Gasteiger partial charge in [0.1, 0.15) is 0 Å². The van der Waals surface area contributed by atoms with E-state index in [4.69, 9.17) is 0 Å². The third-order valence-electron chi connectivity index (χ3n) is 9.23. The Morgan fingerprint density at radius 3 is 1.30 bits per heavy atom. The normalized spacial score (nSPS) is 16.9. The van der Waals surface area contributed by atoms with E-state index in [0.29, 0.717) is 0 Å². The lowest BCUT2D eigenvalue weighted by Gasteiger charge is -2.39. The van der Waals surface area contributed by atoms with Crippen molar-refractivity contribution in [3.8, 4) is 11.1 Å². The van der Waals surface area contributed by atoms with E-state index in [2.05, 4.69) is 109 Å². The zero-order valence-corrected chi connectivity index (χ0v) is 25.7. The van der Waals surface area contributed by atoms with Crippen LogP contribution in [-0.2, 0) is 12.3 Å². The molecule has 2 aliphatic carbocycles. The molecule has 0 amide bonds. The van der Waals surface area contributed by atoms with Crippen LogP contribution in [-0.4, -0.2) is 11.3 Å². The number of rotatable bonds is 9. The van der Waals surface area contributed by atoms with Gasteiger partial charge >= 0.3 is 0 Å². The van der Waals surface area contributed by atoms with Crippen LogP contribution in [0.15, 0.2) is 109 Å². The molecule has 0 radical (unpaired) electrons. The molecule has 40 heavy (non-hydrogen) atoms. The van der Waals surface area contributed by atoms with Crippen molar-refractivity contribution < 1.29 is 0 Å². The van der Waals surface area contributed by atoms with Gasteiger partial charge in [-0.15, -0.1) is 0 Å². The lowest BCUT2D eigenvalue weighted by atomic mass is 9.97. The van der Waals surface area contributed by atoms with Crippen LogP contribution in [0.3, 0.4) is 0 Å². The van der Waals surface area contributed by atoms with Crippen molar-refractivity contribution in [2.45, 2.75) is 87.9 Å². The van der Waals surface area contributed by atoms with Crippen LogP contribution in [0, 0.1) is 0 Å². The third-order valence-corrected chi connectivity index (χ3v) is 15.3. The first kappa shape index (κ1) is 27.9. The van der Waals surface area contributed by atoms with E-state index < -0.39 is 7.92 Å².